The number of pyridine rings is 1. The van der Waals surface area contributed by atoms with Crippen molar-refractivity contribution in [1.29, 1.82) is 0 Å². The van der Waals surface area contributed by atoms with Crippen molar-refractivity contribution < 1.29 is 24.1 Å². The molecule has 2 fully saturated rings. The molecule has 2 bridgehead atoms. The summed E-state index contributed by atoms with van der Waals surface area (Å²) < 4.78 is 21.4. The Hall–Kier alpha value is -2.81. The molecule has 1 amide bonds. The largest absolute Gasteiger partial charge is 0.444 e. The van der Waals surface area contributed by atoms with E-state index in [-0.39, 0.29) is 30.7 Å². The molecule has 0 aliphatic carbocycles. The smallest absolute Gasteiger partial charge is 0.410 e. The van der Waals surface area contributed by atoms with Crippen LogP contribution in [0, 0.1) is 11.8 Å². The van der Waals surface area contributed by atoms with Crippen LogP contribution < -0.4 is 4.90 Å². The first kappa shape index (κ1) is 40.4. The Kier molecular flexibility index (Phi) is 13.0. The fourth-order valence-corrected chi connectivity index (χ4v) is 9.10. The minimum atomic E-state index is -1.30. The highest BCUT2D eigenvalue weighted by Crippen LogP contribution is 2.47. The second-order valence-corrected chi connectivity index (χ2v) is 29.5. The zero-order valence-electron chi connectivity index (χ0n) is 32.5. The fraction of sp³-hybridized carbons (Fsp3) is 0.632. The predicted molar refractivity (Wildman–Crippen MR) is 215 cm³/mol. The molecule has 3 aromatic heterocycles. The number of fused-ring (bicyclic) bond motifs is 3. The van der Waals surface area contributed by atoms with E-state index in [0.717, 1.165) is 64.9 Å². The summed E-state index contributed by atoms with van der Waals surface area (Å²) in [5.41, 5.74) is 3.39. The number of carbonyl (C=O) groups excluding carboxylic acids is 1. The van der Waals surface area contributed by atoms with Crippen LogP contribution in [0.15, 0.2) is 29.0 Å². The highest BCUT2D eigenvalue weighted by Gasteiger charge is 2.46. The van der Waals surface area contributed by atoms with Gasteiger partial charge in [-0.25, -0.2) is 14.8 Å². The van der Waals surface area contributed by atoms with Crippen LogP contribution in [-0.2, 0) is 14.2 Å². The van der Waals surface area contributed by atoms with Crippen LogP contribution >= 0.6 is 15.9 Å². The molecule has 284 valence electrons. The molecule has 52 heavy (non-hydrogen) atoms. The molecule has 2 aliphatic rings. The fourth-order valence-electron chi connectivity index (χ4n) is 6.76. The summed E-state index contributed by atoms with van der Waals surface area (Å²) in [6.07, 6.45) is 6.87. The Morgan fingerprint density at radius 3 is 2.13 bits per heavy atom. The van der Waals surface area contributed by atoms with Crippen LogP contribution in [0.25, 0.3) is 16.8 Å². The van der Waals surface area contributed by atoms with E-state index in [1.807, 2.05) is 48.5 Å². The molecule has 2 unspecified atom stereocenters. The number of aliphatic hydroxyl groups is 1. The molecule has 0 aromatic carbocycles. The van der Waals surface area contributed by atoms with E-state index in [2.05, 4.69) is 76.9 Å². The Morgan fingerprint density at radius 2 is 1.62 bits per heavy atom. The van der Waals surface area contributed by atoms with Crippen molar-refractivity contribution in [3.63, 3.8) is 0 Å². The van der Waals surface area contributed by atoms with E-state index in [1.54, 1.807) is 6.20 Å². The summed E-state index contributed by atoms with van der Waals surface area (Å²) in [5.74, 6) is 6.47. The Labute approximate surface area is 320 Å². The first-order valence-corrected chi connectivity index (χ1v) is 26.7. The molecule has 5 heterocycles. The molecule has 0 radical (unpaired) electrons. The first-order chi connectivity index (χ1) is 24.4. The van der Waals surface area contributed by atoms with E-state index in [1.165, 1.54) is 0 Å². The number of ether oxygens (including phenoxy) is 3. The van der Waals surface area contributed by atoms with Crippen LogP contribution in [0.3, 0.4) is 0 Å². The first-order valence-electron chi connectivity index (χ1n) is 18.5. The summed E-state index contributed by atoms with van der Waals surface area (Å²) in [5, 5.41) is 14.0. The minimum Gasteiger partial charge on any atom is -0.444 e. The lowest BCUT2D eigenvalue weighted by Gasteiger charge is -2.39. The van der Waals surface area contributed by atoms with Gasteiger partial charge in [-0.1, -0.05) is 45.2 Å². The molecule has 2 aliphatic heterocycles. The third-order valence-electron chi connectivity index (χ3n) is 9.47. The number of anilines is 1. The van der Waals surface area contributed by atoms with E-state index >= 15 is 0 Å². The molecule has 2 atom stereocenters. The van der Waals surface area contributed by atoms with Crippen molar-refractivity contribution >= 4 is 49.6 Å². The van der Waals surface area contributed by atoms with Crippen LogP contribution in [0.1, 0.15) is 63.8 Å². The summed E-state index contributed by atoms with van der Waals surface area (Å²) in [6, 6.07) is 6.10. The quantitative estimate of drug-likeness (QED) is 0.0795. The van der Waals surface area contributed by atoms with Crippen molar-refractivity contribution in [2.75, 3.05) is 38.2 Å². The predicted octanol–water partition coefficient (Wildman–Crippen LogP) is 7.97. The van der Waals surface area contributed by atoms with Crippen LogP contribution in [0.5, 0.6) is 0 Å². The number of nitrogens with zero attached hydrogens (tertiary/aromatic N) is 6. The molecule has 14 heteroatoms. The van der Waals surface area contributed by atoms with Crippen LogP contribution in [-0.4, -0.2) is 103 Å². The van der Waals surface area contributed by atoms with Crippen LogP contribution in [0.4, 0.5) is 10.6 Å². The second kappa shape index (κ2) is 16.7. The number of piperidine rings is 1. The van der Waals surface area contributed by atoms with Gasteiger partial charge in [0.1, 0.15) is 31.4 Å². The van der Waals surface area contributed by atoms with Gasteiger partial charge in [0.2, 0.25) is 0 Å². The maximum absolute atomic E-state index is 13.3. The average molecular weight is 814 g/mol. The Balaban J connectivity index is 1.56. The van der Waals surface area contributed by atoms with Crippen molar-refractivity contribution in [3.8, 4) is 23.0 Å². The maximum Gasteiger partial charge on any atom is 0.410 e. The molecule has 1 N–H and O–H groups in total. The second-order valence-electron chi connectivity index (χ2n) is 17.5. The van der Waals surface area contributed by atoms with Crippen molar-refractivity contribution in [2.24, 2.45) is 0 Å². The third kappa shape index (κ3) is 10.4. The Bertz CT molecular complexity index is 1720. The summed E-state index contributed by atoms with van der Waals surface area (Å²) in [7, 11) is -2.60. The monoisotopic (exact) mass is 812 g/mol. The van der Waals surface area contributed by atoms with Gasteiger partial charge in [-0.3, -0.25) is 0 Å². The summed E-state index contributed by atoms with van der Waals surface area (Å²) in [6.45, 7) is 21.7. The number of hydrogen-bond donors (Lipinski definition) is 1. The minimum absolute atomic E-state index is 0.0824. The summed E-state index contributed by atoms with van der Waals surface area (Å²) in [4.78, 5) is 27.3. The van der Waals surface area contributed by atoms with E-state index < -0.39 is 21.7 Å². The number of aromatic nitrogens is 4. The number of halogens is 1. The SMILES string of the molecule is CC(C)(C)OC(=O)N1C2CCC1CC(c1nc3c(-c4ccc(C#CCO)nc4)cnn3c(N(COCC[Si](C)(C)C)COCC[Si](C)(C)C)c1Br)C2. The molecule has 0 saturated carbocycles. The van der Waals surface area contributed by atoms with Gasteiger partial charge in [-0.2, -0.15) is 9.61 Å². The van der Waals surface area contributed by atoms with Crippen molar-refractivity contribution in [1.82, 2.24) is 24.5 Å². The number of carbonyl (C=O) groups is 1. The molecular weight excluding hydrogens is 757 g/mol. The third-order valence-corrected chi connectivity index (χ3v) is 13.6. The number of amides is 1. The highest BCUT2D eigenvalue weighted by molar-refractivity contribution is 9.10. The van der Waals surface area contributed by atoms with E-state index in [9.17, 15) is 4.79 Å². The van der Waals surface area contributed by atoms with Gasteiger partial charge in [-0.15, -0.1) is 0 Å². The lowest BCUT2D eigenvalue weighted by Crippen LogP contribution is -2.48. The molecule has 2 saturated heterocycles. The van der Waals surface area contributed by atoms with E-state index in [0.29, 0.717) is 38.0 Å². The Morgan fingerprint density at radius 1 is 1.00 bits per heavy atom. The van der Waals surface area contributed by atoms with Crippen LogP contribution in [0.2, 0.25) is 51.4 Å². The number of rotatable bonds is 13. The lowest BCUT2D eigenvalue weighted by molar-refractivity contribution is 0.00566. The average Bonchev–Trinajstić information content (AvgIpc) is 3.59. The molecule has 11 nitrogen and oxygen atoms in total. The normalized spacial score (nSPS) is 19.1. The molecule has 3 aromatic rings. The van der Waals surface area contributed by atoms with Gasteiger partial charge in [0.15, 0.2) is 11.5 Å². The molecule has 0 spiro atoms. The van der Waals surface area contributed by atoms with Gasteiger partial charge in [0, 0.05) is 64.7 Å². The lowest BCUT2D eigenvalue weighted by atomic mass is 9.88. The maximum atomic E-state index is 13.3. The summed E-state index contributed by atoms with van der Waals surface area (Å²) >= 11 is 4.05. The number of hydrogen-bond acceptors (Lipinski definition) is 9. The highest BCUT2D eigenvalue weighted by atomic mass is 79.9. The van der Waals surface area contributed by atoms with Crippen molar-refractivity contribution in [2.45, 2.75) is 121 Å². The zero-order valence-corrected chi connectivity index (χ0v) is 36.0. The standard InChI is InChI=1S/C38H57BrN6O5Si2/c1-38(2,3)50-37(47)44-30-14-15-31(44)22-28(21-30)34-33(39)36(43(25-48-17-19-51(4,5)6)26-49-18-20-52(7,8)9)45-35(42-34)32(24-41-45)27-12-13-29(40-23-27)11-10-16-46/h12-13,23-24,28,30-31,46H,14-22,25-26H2,1-9H3. The van der Waals surface area contributed by atoms with Gasteiger partial charge in [-0.05, 0) is 92.5 Å². The van der Waals surface area contributed by atoms with Crippen molar-refractivity contribution in [3.05, 3.63) is 40.4 Å². The molecule has 5 rings (SSSR count). The van der Waals surface area contributed by atoms with Gasteiger partial charge < -0.3 is 29.1 Å². The van der Waals surface area contributed by atoms with Gasteiger partial charge in [0.25, 0.3) is 0 Å². The topological polar surface area (TPSA) is 115 Å². The molecular formula is C38H57BrN6O5Si2. The zero-order chi connectivity index (χ0) is 37.8. The van der Waals surface area contributed by atoms with E-state index in [4.69, 9.17) is 29.4 Å². The van der Waals surface area contributed by atoms with Gasteiger partial charge >= 0.3 is 6.09 Å². The number of aliphatic hydroxyl groups excluding tert-OH is 1. The van der Waals surface area contributed by atoms with Gasteiger partial charge in [0.05, 0.1) is 16.4 Å².